The molecule has 0 radical (unpaired) electrons. The molecule has 0 aromatic heterocycles. The lowest BCUT2D eigenvalue weighted by molar-refractivity contribution is -0.127. The molecule has 0 aliphatic carbocycles. The van der Waals surface area contributed by atoms with Gasteiger partial charge in [-0.05, 0) is 23.8 Å². The Labute approximate surface area is 87.9 Å². The van der Waals surface area contributed by atoms with Gasteiger partial charge in [0.2, 0.25) is 5.91 Å². The van der Waals surface area contributed by atoms with E-state index in [1.54, 1.807) is 20.2 Å². The second-order valence-corrected chi connectivity index (χ2v) is 3.65. The molecule has 0 bridgehead atoms. The molecule has 0 unspecified atom stereocenters. The molecule has 0 atom stereocenters. The van der Waals surface area contributed by atoms with E-state index >= 15 is 0 Å². The summed E-state index contributed by atoms with van der Waals surface area (Å²) in [5, 5.41) is 9.70. The highest BCUT2D eigenvalue weighted by Crippen LogP contribution is 2.21. The Bertz CT molecular complexity index is 350. The predicted octanol–water partition coefficient (Wildman–Crippen LogP) is 1.68. The number of hydrogen-bond acceptors (Lipinski definition) is 2. The number of likely N-dealkylation sites (N-methyl/N-ethyl adjacent to an activating group) is 1. The van der Waals surface area contributed by atoms with Crippen molar-refractivity contribution in [3.8, 4) is 5.75 Å². The maximum Gasteiger partial charge on any atom is 0.226 e. The maximum atomic E-state index is 11.4. The standard InChI is InChI=1S/C10H12ClNO2/c1-12(2)10(14)6-7-5-8(13)3-4-9(7)11/h3-5,13H,6H2,1-2H3. The summed E-state index contributed by atoms with van der Waals surface area (Å²) < 4.78 is 0. The van der Waals surface area contributed by atoms with Crippen LogP contribution < -0.4 is 0 Å². The van der Waals surface area contributed by atoms with Crippen LogP contribution in [0.4, 0.5) is 0 Å². The van der Waals surface area contributed by atoms with Crippen molar-refractivity contribution in [2.75, 3.05) is 14.1 Å². The Balaban J connectivity index is 2.86. The quantitative estimate of drug-likeness (QED) is 0.812. The molecule has 1 aromatic carbocycles. The number of rotatable bonds is 2. The highest BCUT2D eigenvalue weighted by atomic mass is 35.5. The van der Waals surface area contributed by atoms with Crippen molar-refractivity contribution in [1.29, 1.82) is 0 Å². The number of benzene rings is 1. The Morgan fingerprint density at radius 3 is 2.71 bits per heavy atom. The second kappa shape index (κ2) is 4.33. The molecule has 0 aliphatic heterocycles. The van der Waals surface area contributed by atoms with Gasteiger partial charge in [0, 0.05) is 19.1 Å². The molecule has 0 aliphatic rings. The van der Waals surface area contributed by atoms with Crippen LogP contribution in [-0.4, -0.2) is 30.0 Å². The van der Waals surface area contributed by atoms with Crippen LogP contribution in [0.25, 0.3) is 0 Å². The van der Waals surface area contributed by atoms with Crippen molar-refractivity contribution in [2.45, 2.75) is 6.42 Å². The van der Waals surface area contributed by atoms with Gasteiger partial charge < -0.3 is 10.0 Å². The summed E-state index contributed by atoms with van der Waals surface area (Å²) >= 11 is 5.86. The fourth-order valence-electron chi connectivity index (χ4n) is 1.02. The zero-order valence-electron chi connectivity index (χ0n) is 8.12. The highest BCUT2D eigenvalue weighted by Gasteiger charge is 2.09. The number of hydrogen-bond donors (Lipinski definition) is 1. The second-order valence-electron chi connectivity index (χ2n) is 3.24. The summed E-state index contributed by atoms with van der Waals surface area (Å²) in [5.74, 6) is 0.0773. The highest BCUT2D eigenvalue weighted by molar-refractivity contribution is 6.31. The molecule has 0 fully saturated rings. The lowest BCUT2D eigenvalue weighted by Gasteiger charge is -2.10. The van der Waals surface area contributed by atoms with Crippen LogP contribution in [0.15, 0.2) is 18.2 Å². The zero-order valence-corrected chi connectivity index (χ0v) is 8.88. The number of aromatic hydroxyl groups is 1. The molecule has 0 saturated heterocycles. The van der Waals surface area contributed by atoms with Crippen LogP contribution in [0.5, 0.6) is 5.75 Å². The number of nitrogens with zero attached hydrogens (tertiary/aromatic N) is 1. The average molecular weight is 214 g/mol. The molecule has 1 N–H and O–H groups in total. The van der Waals surface area contributed by atoms with Crippen molar-refractivity contribution in [3.63, 3.8) is 0 Å². The minimum atomic E-state index is -0.0440. The van der Waals surface area contributed by atoms with E-state index in [-0.39, 0.29) is 18.1 Å². The molecular weight excluding hydrogens is 202 g/mol. The first kappa shape index (κ1) is 10.9. The fourth-order valence-corrected chi connectivity index (χ4v) is 1.20. The molecule has 76 valence electrons. The summed E-state index contributed by atoms with van der Waals surface area (Å²) in [7, 11) is 3.36. The Morgan fingerprint density at radius 2 is 2.14 bits per heavy atom. The topological polar surface area (TPSA) is 40.5 Å². The first-order valence-corrected chi connectivity index (χ1v) is 4.56. The minimum absolute atomic E-state index is 0.0440. The Morgan fingerprint density at radius 1 is 1.50 bits per heavy atom. The fraction of sp³-hybridized carbons (Fsp3) is 0.300. The third-order valence-corrected chi connectivity index (χ3v) is 2.24. The van der Waals surface area contributed by atoms with E-state index in [0.29, 0.717) is 10.6 Å². The molecule has 1 aromatic rings. The van der Waals surface area contributed by atoms with E-state index in [4.69, 9.17) is 11.6 Å². The largest absolute Gasteiger partial charge is 0.508 e. The van der Waals surface area contributed by atoms with Crippen LogP contribution in [0, 0.1) is 0 Å². The van der Waals surface area contributed by atoms with Gasteiger partial charge in [-0.15, -0.1) is 0 Å². The van der Waals surface area contributed by atoms with Crippen LogP contribution in [0.1, 0.15) is 5.56 Å². The average Bonchev–Trinajstić information content (AvgIpc) is 2.11. The summed E-state index contributed by atoms with van der Waals surface area (Å²) in [6, 6.07) is 4.57. The van der Waals surface area contributed by atoms with Gasteiger partial charge in [0.25, 0.3) is 0 Å². The van der Waals surface area contributed by atoms with Gasteiger partial charge in [-0.25, -0.2) is 0 Å². The lowest BCUT2D eigenvalue weighted by Crippen LogP contribution is -2.23. The Kier molecular flexibility index (Phi) is 3.36. The van der Waals surface area contributed by atoms with Crippen molar-refractivity contribution in [1.82, 2.24) is 4.90 Å². The smallest absolute Gasteiger partial charge is 0.226 e. The summed E-state index contributed by atoms with van der Waals surface area (Å²) in [4.78, 5) is 12.8. The van der Waals surface area contributed by atoms with Gasteiger partial charge in [0.15, 0.2) is 0 Å². The molecule has 0 spiro atoms. The number of halogens is 1. The van der Waals surface area contributed by atoms with Gasteiger partial charge in [-0.1, -0.05) is 11.6 Å². The van der Waals surface area contributed by atoms with Crippen LogP contribution in [0.2, 0.25) is 5.02 Å². The van der Waals surface area contributed by atoms with E-state index < -0.39 is 0 Å². The molecule has 1 amide bonds. The number of carbonyl (C=O) groups is 1. The van der Waals surface area contributed by atoms with Crippen molar-refractivity contribution in [3.05, 3.63) is 28.8 Å². The van der Waals surface area contributed by atoms with Crippen molar-refractivity contribution >= 4 is 17.5 Å². The molecule has 3 nitrogen and oxygen atoms in total. The van der Waals surface area contributed by atoms with Gasteiger partial charge in [-0.2, -0.15) is 0 Å². The maximum absolute atomic E-state index is 11.4. The van der Waals surface area contributed by atoms with E-state index in [1.807, 2.05) is 0 Å². The minimum Gasteiger partial charge on any atom is -0.508 e. The lowest BCUT2D eigenvalue weighted by atomic mass is 10.1. The number of phenols is 1. The number of carbonyl (C=O) groups excluding carboxylic acids is 1. The first-order chi connectivity index (χ1) is 6.50. The first-order valence-electron chi connectivity index (χ1n) is 4.18. The molecule has 0 saturated carbocycles. The van der Waals surface area contributed by atoms with Crippen molar-refractivity contribution in [2.24, 2.45) is 0 Å². The van der Waals surface area contributed by atoms with E-state index in [1.165, 1.54) is 17.0 Å². The van der Waals surface area contributed by atoms with Gasteiger partial charge in [0.05, 0.1) is 6.42 Å². The van der Waals surface area contributed by atoms with Crippen LogP contribution in [-0.2, 0) is 11.2 Å². The third-order valence-electron chi connectivity index (χ3n) is 1.87. The van der Waals surface area contributed by atoms with Gasteiger partial charge in [-0.3, -0.25) is 4.79 Å². The summed E-state index contributed by atoms with van der Waals surface area (Å²) in [6.45, 7) is 0. The predicted molar refractivity (Wildman–Crippen MR) is 55.5 cm³/mol. The number of amides is 1. The molecule has 14 heavy (non-hydrogen) atoms. The van der Waals surface area contributed by atoms with Crippen LogP contribution >= 0.6 is 11.6 Å². The molecular formula is C10H12ClNO2. The molecule has 0 heterocycles. The van der Waals surface area contributed by atoms with Crippen LogP contribution in [0.3, 0.4) is 0 Å². The molecule has 4 heteroatoms. The normalized spacial score (nSPS) is 9.93. The molecule has 1 rings (SSSR count). The monoisotopic (exact) mass is 213 g/mol. The third kappa shape index (κ3) is 2.64. The number of phenolic OH excluding ortho intramolecular Hbond substituents is 1. The van der Waals surface area contributed by atoms with Crippen molar-refractivity contribution < 1.29 is 9.90 Å². The summed E-state index contributed by atoms with van der Waals surface area (Å²) in [6.07, 6.45) is 0.209. The van der Waals surface area contributed by atoms with Gasteiger partial charge >= 0.3 is 0 Å². The summed E-state index contributed by atoms with van der Waals surface area (Å²) in [5.41, 5.74) is 0.644. The van der Waals surface area contributed by atoms with E-state index in [9.17, 15) is 9.90 Å². The Hall–Kier alpha value is -1.22. The van der Waals surface area contributed by atoms with E-state index in [0.717, 1.165) is 0 Å². The zero-order chi connectivity index (χ0) is 10.7. The van der Waals surface area contributed by atoms with E-state index in [2.05, 4.69) is 0 Å². The van der Waals surface area contributed by atoms with Gasteiger partial charge in [0.1, 0.15) is 5.75 Å². The SMILES string of the molecule is CN(C)C(=O)Cc1cc(O)ccc1Cl.